The van der Waals surface area contributed by atoms with Crippen molar-refractivity contribution in [2.24, 2.45) is 0 Å². The Kier molecular flexibility index (Phi) is 5.22. The van der Waals surface area contributed by atoms with Gasteiger partial charge in [0.1, 0.15) is 0 Å². The Morgan fingerprint density at radius 2 is 1.95 bits per heavy atom. The van der Waals surface area contributed by atoms with E-state index in [0.717, 1.165) is 48.8 Å². The van der Waals surface area contributed by atoms with Gasteiger partial charge in [-0.1, -0.05) is 34.5 Å². The van der Waals surface area contributed by atoms with E-state index in [1.807, 2.05) is 12.1 Å². The molecule has 4 heteroatoms. The fourth-order valence-corrected chi connectivity index (χ4v) is 2.98. The van der Waals surface area contributed by atoms with Gasteiger partial charge in [-0.05, 0) is 57.6 Å². The van der Waals surface area contributed by atoms with Crippen molar-refractivity contribution in [1.82, 2.24) is 10.2 Å². The maximum Gasteiger partial charge on any atom is 0.230 e. The van der Waals surface area contributed by atoms with Gasteiger partial charge in [-0.2, -0.15) is 0 Å². The SMILES string of the molecule is CN(C)CCCNC(=O)C1(c2ccc(Br)cc2)CCC1. The summed E-state index contributed by atoms with van der Waals surface area (Å²) in [6.45, 7) is 1.76. The molecule has 110 valence electrons. The van der Waals surface area contributed by atoms with Crippen LogP contribution in [0.25, 0.3) is 0 Å². The molecule has 1 fully saturated rings. The van der Waals surface area contributed by atoms with Crippen LogP contribution in [-0.4, -0.2) is 38.0 Å². The Morgan fingerprint density at radius 1 is 1.30 bits per heavy atom. The first kappa shape index (κ1) is 15.5. The summed E-state index contributed by atoms with van der Waals surface area (Å²) >= 11 is 3.45. The van der Waals surface area contributed by atoms with E-state index >= 15 is 0 Å². The minimum absolute atomic E-state index is 0.199. The van der Waals surface area contributed by atoms with Crippen LogP contribution < -0.4 is 5.32 Å². The quantitative estimate of drug-likeness (QED) is 0.809. The van der Waals surface area contributed by atoms with E-state index in [4.69, 9.17) is 0 Å². The molecule has 0 atom stereocenters. The summed E-state index contributed by atoms with van der Waals surface area (Å²) in [6.07, 6.45) is 4.07. The zero-order valence-corrected chi connectivity index (χ0v) is 13.9. The van der Waals surface area contributed by atoms with Crippen molar-refractivity contribution in [3.63, 3.8) is 0 Å². The van der Waals surface area contributed by atoms with Crippen LogP contribution in [0.2, 0.25) is 0 Å². The second kappa shape index (κ2) is 6.72. The number of hydrogen-bond donors (Lipinski definition) is 1. The average Bonchev–Trinajstić information content (AvgIpc) is 2.35. The zero-order chi connectivity index (χ0) is 14.6. The highest BCUT2D eigenvalue weighted by Crippen LogP contribution is 2.44. The minimum Gasteiger partial charge on any atom is -0.355 e. The van der Waals surface area contributed by atoms with Gasteiger partial charge in [0.2, 0.25) is 5.91 Å². The highest BCUT2D eigenvalue weighted by molar-refractivity contribution is 9.10. The van der Waals surface area contributed by atoms with E-state index in [1.54, 1.807) is 0 Å². The maximum atomic E-state index is 12.5. The molecule has 1 amide bonds. The Hall–Kier alpha value is -0.870. The molecule has 1 N–H and O–H groups in total. The molecule has 0 unspecified atom stereocenters. The molecule has 0 bridgehead atoms. The summed E-state index contributed by atoms with van der Waals surface area (Å²) in [7, 11) is 4.11. The third-order valence-electron chi connectivity index (χ3n) is 4.11. The molecule has 1 aliphatic rings. The van der Waals surface area contributed by atoms with Gasteiger partial charge in [-0.15, -0.1) is 0 Å². The minimum atomic E-state index is -0.279. The highest BCUT2D eigenvalue weighted by atomic mass is 79.9. The van der Waals surface area contributed by atoms with Crippen LogP contribution in [0, 0.1) is 0 Å². The lowest BCUT2D eigenvalue weighted by Crippen LogP contribution is -2.49. The van der Waals surface area contributed by atoms with Crippen molar-refractivity contribution in [3.05, 3.63) is 34.3 Å². The van der Waals surface area contributed by atoms with Crippen LogP contribution in [0.3, 0.4) is 0 Å². The van der Waals surface area contributed by atoms with Crippen molar-refractivity contribution >= 4 is 21.8 Å². The molecule has 1 saturated carbocycles. The molecule has 0 saturated heterocycles. The summed E-state index contributed by atoms with van der Waals surface area (Å²) in [5.41, 5.74) is 0.871. The van der Waals surface area contributed by atoms with Gasteiger partial charge >= 0.3 is 0 Å². The van der Waals surface area contributed by atoms with Crippen LogP contribution in [0.5, 0.6) is 0 Å². The predicted octanol–water partition coefficient (Wildman–Crippen LogP) is 2.94. The molecular weight excluding hydrogens is 316 g/mol. The molecule has 0 aromatic heterocycles. The summed E-state index contributed by atoms with van der Waals surface area (Å²) in [6, 6.07) is 8.19. The van der Waals surface area contributed by atoms with Crippen LogP contribution in [0.4, 0.5) is 0 Å². The van der Waals surface area contributed by atoms with E-state index in [1.165, 1.54) is 0 Å². The van der Waals surface area contributed by atoms with Crippen molar-refractivity contribution in [3.8, 4) is 0 Å². The molecule has 2 rings (SSSR count). The zero-order valence-electron chi connectivity index (χ0n) is 12.3. The first-order chi connectivity index (χ1) is 9.54. The first-order valence-electron chi connectivity index (χ1n) is 7.24. The number of halogens is 1. The fraction of sp³-hybridized carbons (Fsp3) is 0.562. The van der Waals surface area contributed by atoms with Crippen molar-refractivity contribution in [1.29, 1.82) is 0 Å². The number of hydrogen-bond acceptors (Lipinski definition) is 2. The molecular formula is C16H23BrN2O. The Morgan fingerprint density at radius 3 is 2.45 bits per heavy atom. The largest absolute Gasteiger partial charge is 0.355 e. The number of carbonyl (C=O) groups is 1. The molecule has 1 aromatic carbocycles. The summed E-state index contributed by atoms with van der Waals surface area (Å²) in [4.78, 5) is 14.7. The van der Waals surface area contributed by atoms with E-state index < -0.39 is 0 Å². The number of rotatable bonds is 6. The van der Waals surface area contributed by atoms with Gasteiger partial charge in [0.05, 0.1) is 5.41 Å². The Balaban J connectivity index is 1.96. The normalized spacial score (nSPS) is 16.8. The molecule has 1 aromatic rings. The molecule has 0 aliphatic heterocycles. The smallest absolute Gasteiger partial charge is 0.230 e. The Labute approximate surface area is 129 Å². The number of amides is 1. The average molecular weight is 339 g/mol. The molecule has 0 spiro atoms. The van der Waals surface area contributed by atoms with E-state index in [9.17, 15) is 4.79 Å². The summed E-state index contributed by atoms with van der Waals surface area (Å²) in [5.74, 6) is 0.199. The van der Waals surface area contributed by atoms with Gasteiger partial charge in [0.15, 0.2) is 0 Å². The second-order valence-electron chi connectivity index (χ2n) is 5.86. The van der Waals surface area contributed by atoms with Crippen molar-refractivity contribution in [2.45, 2.75) is 31.1 Å². The highest BCUT2D eigenvalue weighted by Gasteiger charge is 2.45. The lowest BCUT2D eigenvalue weighted by Gasteiger charge is -2.40. The number of nitrogens with one attached hydrogen (secondary N) is 1. The van der Waals surface area contributed by atoms with E-state index in [0.29, 0.717) is 0 Å². The molecule has 20 heavy (non-hydrogen) atoms. The van der Waals surface area contributed by atoms with Gasteiger partial charge in [-0.25, -0.2) is 0 Å². The second-order valence-corrected chi connectivity index (χ2v) is 6.77. The maximum absolute atomic E-state index is 12.5. The fourth-order valence-electron chi connectivity index (χ4n) is 2.71. The topological polar surface area (TPSA) is 32.3 Å². The third-order valence-corrected chi connectivity index (χ3v) is 4.63. The monoisotopic (exact) mass is 338 g/mol. The molecule has 0 radical (unpaired) electrons. The summed E-state index contributed by atoms with van der Waals surface area (Å²) < 4.78 is 1.06. The first-order valence-corrected chi connectivity index (χ1v) is 8.03. The number of nitrogens with zero attached hydrogens (tertiary/aromatic N) is 1. The van der Waals surface area contributed by atoms with Crippen molar-refractivity contribution in [2.75, 3.05) is 27.2 Å². The van der Waals surface area contributed by atoms with E-state index in [-0.39, 0.29) is 11.3 Å². The molecule has 1 aliphatic carbocycles. The van der Waals surface area contributed by atoms with Gasteiger partial charge in [-0.3, -0.25) is 4.79 Å². The van der Waals surface area contributed by atoms with Crippen LogP contribution in [0.15, 0.2) is 28.7 Å². The van der Waals surface area contributed by atoms with Crippen LogP contribution >= 0.6 is 15.9 Å². The number of carbonyl (C=O) groups excluding carboxylic acids is 1. The number of benzene rings is 1. The van der Waals surface area contributed by atoms with Crippen LogP contribution in [-0.2, 0) is 10.2 Å². The standard InChI is InChI=1S/C16H23BrN2O/c1-19(2)12-4-11-18-15(20)16(9-3-10-16)13-5-7-14(17)8-6-13/h5-8H,3-4,9-12H2,1-2H3,(H,18,20). The van der Waals surface area contributed by atoms with Gasteiger partial charge in [0.25, 0.3) is 0 Å². The Bertz CT molecular complexity index is 452. The molecule has 0 heterocycles. The third kappa shape index (κ3) is 3.41. The lowest BCUT2D eigenvalue weighted by molar-refractivity contribution is -0.129. The van der Waals surface area contributed by atoms with Crippen molar-refractivity contribution < 1.29 is 4.79 Å². The van der Waals surface area contributed by atoms with E-state index in [2.05, 4.69) is 52.4 Å². The van der Waals surface area contributed by atoms with Gasteiger partial charge in [0, 0.05) is 11.0 Å². The summed E-state index contributed by atoms with van der Waals surface area (Å²) in [5, 5.41) is 3.12. The molecule has 3 nitrogen and oxygen atoms in total. The predicted molar refractivity (Wildman–Crippen MR) is 85.9 cm³/mol. The van der Waals surface area contributed by atoms with Crippen LogP contribution in [0.1, 0.15) is 31.2 Å². The van der Waals surface area contributed by atoms with Gasteiger partial charge < -0.3 is 10.2 Å². The lowest BCUT2D eigenvalue weighted by atomic mass is 9.64.